The lowest BCUT2D eigenvalue weighted by Gasteiger charge is -1.99. The Balaban J connectivity index is 2.64. The molecule has 0 aromatic carbocycles. The third kappa shape index (κ3) is 1.13. The quantitative estimate of drug-likeness (QED) is 0.347. The van der Waals surface area contributed by atoms with E-state index in [2.05, 4.69) is 9.97 Å². The normalized spacial score (nSPS) is 10.7. The molecule has 0 aliphatic carbocycles. The van der Waals surface area contributed by atoms with Crippen LogP contribution in [0.2, 0.25) is 0 Å². The summed E-state index contributed by atoms with van der Waals surface area (Å²) in [5, 5.41) is 0. The highest BCUT2D eigenvalue weighted by molar-refractivity contribution is 5.93. The van der Waals surface area contributed by atoms with Gasteiger partial charge in [-0.05, 0) is 0 Å². The fourth-order valence-electron chi connectivity index (χ4n) is 1.40. The van der Waals surface area contributed by atoms with Crippen LogP contribution >= 0.6 is 0 Å². The Morgan fingerprint density at radius 3 is 1.87 bits per heavy atom. The van der Waals surface area contributed by atoms with E-state index in [-0.39, 0.29) is 0 Å². The van der Waals surface area contributed by atoms with Crippen LogP contribution in [0.5, 0.6) is 0 Å². The van der Waals surface area contributed by atoms with Crippen molar-refractivity contribution in [2.75, 3.05) is 28.7 Å². The molecule has 2 aromatic heterocycles. The van der Waals surface area contributed by atoms with Crippen LogP contribution in [0.1, 0.15) is 0 Å². The Bertz CT molecular complexity index is 507. The summed E-state index contributed by atoms with van der Waals surface area (Å²) in [5.74, 6) is 0.315. The Hall–Kier alpha value is -2.44. The molecule has 12 N–H and O–H groups in total. The monoisotopic (exact) mass is 207 g/mol. The molecule has 0 fully saturated rings. The zero-order valence-corrected chi connectivity index (χ0v) is 7.96. The molecule has 2 rings (SSSR count). The van der Waals surface area contributed by atoms with Crippen molar-refractivity contribution >= 4 is 28.6 Å². The van der Waals surface area contributed by atoms with Crippen LogP contribution in [0, 0.1) is 0 Å². The molecule has 2 heterocycles. The number of nitrogen functional groups attached to an aromatic ring is 5. The van der Waals surface area contributed by atoms with Crippen LogP contribution in [0.25, 0.3) is 11.4 Å². The number of hydrogen-bond acceptors (Lipinski definition) is 5. The Morgan fingerprint density at radius 1 is 0.800 bits per heavy atom. The van der Waals surface area contributed by atoms with Crippen molar-refractivity contribution in [3.05, 3.63) is 6.20 Å². The van der Waals surface area contributed by atoms with Crippen molar-refractivity contribution in [3.63, 3.8) is 0 Å². The van der Waals surface area contributed by atoms with Crippen LogP contribution in [0.4, 0.5) is 28.6 Å². The molecule has 2 aromatic rings. The van der Waals surface area contributed by atoms with Crippen molar-refractivity contribution < 1.29 is 0 Å². The second-order valence-electron chi connectivity index (χ2n) is 3.27. The minimum absolute atomic E-state index is 0.315. The maximum Gasteiger partial charge on any atom is 0.127 e. The first kappa shape index (κ1) is 9.13. The maximum atomic E-state index is 5.76. The van der Waals surface area contributed by atoms with E-state index in [1.165, 1.54) is 0 Å². The van der Waals surface area contributed by atoms with Gasteiger partial charge in [-0.1, -0.05) is 0 Å². The molecule has 0 amide bonds. The molecule has 0 aliphatic rings. The highest BCUT2D eigenvalue weighted by atomic mass is 15.0. The summed E-state index contributed by atoms with van der Waals surface area (Å²) in [4.78, 5) is 5.74. The molecule has 80 valence electrons. The van der Waals surface area contributed by atoms with Crippen LogP contribution < -0.4 is 28.7 Å². The molecule has 15 heavy (non-hydrogen) atoms. The average Bonchev–Trinajstić information content (AvgIpc) is 2.64. The summed E-state index contributed by atoms with van der Waals surface area (Å²) < 4.78 is 0. The summed E-state index contributed by atoms with van der Waals surface area (Å²) in [6.07, 6.45) is 1.58. The van der Waals surface area contributed by atoms with E-state index in [9.17, 15) is 0 Å². The third-order valence-electron chi connectivity index (χ3n) is 2.31. The molecule has 0 saturated heterocycles. The van der Waals surface area contributed by atoms with Gasteiger partial charge in [0.25, 0.3) is 0 Å². The van der Waals surface area contributed by atoms with Crippen LogP contribution in [-0.4, -0.2) is 9.97 Å². The molecule has 0 unspecified atom stereocenters. The highest BCUT2D eigenvalue weighted by Crippen LogP contribution is 2.37. The van der Waals surface area contributed by atoms with Crippen LogP contribution in [-0.2, 0) is 0 Å². The predicted molar refractivity (Wildman–Crippen MR) is 62.6 cm³/mol. The number of anilines is 5. The summed E-state index contributed by atoms with van der Waals surface area (Å²) in [7, 11) is 0. The fraction of sp³-hybridized carbons (Fsp3) is 0. The van der Waals surface area contributed by atoms with Gasteiger partial charge in [0.05, 0.1) is 34.1 Å². The van der Waals surface area contributed by atoms with Gasteiger partial charge in [-0.3, -0.25) is 0 Å². The first-order chi connectivity index (χ1) is 7.02. The number of H-pyrrole nitrogens is 2. The largest absolute Gasteiger partial charge is 0.396 e. The maximum absolute atomic E-state index is 5.76. The lowest BCUT2D eigenvalue weighted by molar-refractivity contribution is 1.33. The second-order valence-corrected chi connectivity index (χ2v) is 3.27. The van der Waals surface area contributed by atoms with Gasteiger partial charge in [0.1, 0.15) is 5.82 Å². The number of hydrogen-bond donors (Lipinski definition) is 7. The standard InChI is InChI=1S/C8H13N7/c9-2-1-14-6(3(2)10)7-4(11)5(12)8(13)15-7/h1,14-15H,9-13H2. The van der Waals surface area contributed by atoms with Crippen molar-refractivity contribution in [3.8, 4) is 11.4 Å². The molecular weight excluding hydrogens is 194 g/mol. The van der Waals surface area contributed by atoms with Crippen LogP contribution in [0.15, 0.2) is 6.20 Å². The molecule has 0 atom stereocenters. The smallest absolute Gasteiger partial charge is 0.127 e. The van der Waals surface area contributed by atoms with Crippen molar-refractivity contribution in [1.82, 2.24) is 9.97 Å². The molecule has 7 nitrogen and oxygen atoms in total. The van der Waals surface area contributed by atoms with Crippen molar-refractivity contribution in [2.45, 2.75) is 0 Å². The minimum Gasteiger partial charge on any atom is -0.396 e. The Labute approximate surface area is 85.6 Å². The molecule has 7 heteroatoms. The lowest BCUT2D eigenvalue weighted by atomic mass is 10.2. The Kier molecular flexibility index (Phi) is 1.69. The molecular formula is C8H13N7. The van der Waals surface area contributed by atoms with Gasteiger partial charge in [-0.2, -0.15) is 0 Å². The molecule has 0 saturated carbocycles. The summed E-state index contributed by atoms with van der Waals surface area (Å²) in [6.45, 7) is 0. The Morgan fingerprint density at radius 2 is 1.47 bits per heavy atom. The van der Waals surface area contributed by atoms with Gasteiger partial charge in [-0.25, -0.2) is 0 Å². The summed E-state index contributed by atoms with van der Waals surface area (Å²) in [5.41, 5.74) is 31.0. The fourth-order valence-corrected chi connectivity index (χ4v) is 1.40. The average molecular weight is 207 g/mol. The third-order valence-corrected chi connectivity index (χ3v) is 2.31. The first-order valence-electron chi connectivity index (χ1n) is 4.27. The van der Waals surface area contributed by atoms with E-state index in [1.807, 2.05) is 0 Å². The molecule has 0 bridgehead atoms. The van der Waals surface area contributed by atoms with E-state index >= 15 is 0 Å². The van der Waals surface area contributed by atoms with E-state index in [0.29, 0.717) is 40.0 Å². The van der Waals surface area contributed by atoms with Crippen molar-refractivity contribution in [1.29, 1.82) is 0 Å². The molecule has 0 spiro atoms. The van der Waals surface area contributed by atoms with E-state index in [0.717, 1.165) is 0 Å². The van der Waals surface area contributed by atoms with Gasteiger partial charge in [0.2, 0.25) is 0 Å². The number of nitrogens with two attached hydrogens (primary N) is 5. The zero-order chi connectivity index (χ0) is 11.2. The second kappa shape index (κ2) is 2.77. The summed E-state index contributed by atoms with van der Waals surface area (Å²) >= 11 is 0. The number of aromatic amines is 2. The number of rotatable bonds is 1. The zero-order valence-electron chi connectivity index (χ0n) is 7.96. The molecule has 0 radical (unpaired) electrons. The topological polar surface area (TPSA) is 162 Å². The van der Waals surface area contributed by atoms with Crippen LogP contribution in [0.3, 0.4) is 0 Å². The predicted octanol–water partition coefficient (Wildman–Crippen LogP) is -0.0792. The van der Waals surface area contributed by atoms with Gasteiger partial charge in [0, 0.05) is 6.20 Å². The number of nitrogens with one attached hydrogen (secondary N) is 2. The van der Waals surface area contributed by atoms with E-state index < -0.39 is 0 Å². The SMILES string of the molecule is Nc1c[nH]c(-c2[nH]c(N)c(N)c2N)c1N. The van der Waals surface area contributed by atoms with Gasteiger partial charge in [-0.15, -0.1) is 0 Å². The van der Waals surface area contributed by atoms with Gasteiger partial charge < -0.3 is 38.6 Å². The molecule has 0 aliphatic heterocycles. The van der Waals surface area contributed by atoms with Gasteiger partial charge in [0.15, 0.2) is 0 Å². The highest BCUT2D eigenvalue weighted by Gasteiger charge is 2.16. The van der Waals surface area contributed by atoms with Crippen molar-refractivity contribution in [2.24, 2.45) is 0 Å². The van der Waals surface area contributed by atoms with E-state index in [4.69, 9.17) is 28.7 Å². The van der Waals surface area contributed by atoms with E-state index in [1.54, 1.807) is 6.20 Å². The van der Waals surface area contributed by atoms with Gasteiger partial charge >= 0.3 is 0 Å². The summed E-state index contributed by atoms with van der Waals surface area (Å²) in [6, 6.07) is 0. The lowest BCUT2D eigenvalue weighted by Crippen LogP contribution is -1.95. The minimum atomic E-state index is 0.315. The number of aromatic nitrogens is 2. The first-order valence-corrected chi connectivity index (χ1v) is 4.27.